The summed E-state index contributed by atoms with van der Waals surface area (Å²) in [5.74, 6) is 0.944. The highest BCUT2D eigenvalue weighted by Crippen LogP contribution is 2.26. The number of hydrogen-bond acceptors (Lipinski definition) is 3. The van der Waals surface area contributed by atoms with E-state index in [1.54, 1.807) is 0 Å². The first-order valence-corrected chi connectivity index (χ1v) is 7.70. The van der Waals surface area contributed by atoms with E-state index < -0.39 is 0 Å². The topological polar surface area (TPSA) is 29.5 Å². The molecular formula is C15H32O2S. The molecule has 0 saturated carbocycles. The van der Waals surface area contributed by atoms with Crippen molar-refractivity contribution in [1.29, 1.82) is 0 Å². The van der Waals surface area contributed by atoms with Crippen molar-refractivity contribution in [2.75, 3.05) is 12.4 Å². The van der Waals surface area contributed by atoms with Crippen LogP contribution in [-0.4, -0.2) is 29.7 Å². The molecule has 0 saturated heterocycles. The van der Waals surface area contributed by atoms with Crippen LogP contribution >= 0.6 is 12.6 Å². The Bertz CT molecular complexity index is 213. The van der Waals surface area contributed by atoms with Crippen molar-refractivity contribution in [3.05, 3.63) is 11.1 Å². The molecule has 0 spiro atoms. The summed E-state index contributed by atoms with van der Waals surface area (Å²) >= 11 is 3.79. The minimum atomic E-state index is 0.105. The largest absolute Gasteiger partial charge is 0.392 e. The minimum absolute atomic E-state index is 0.105. The van der Waals surface area contributed by atoms with E-state index in [0.29, 0.717) is 6.10 Å². The van der Waals surface area contributed by atoms with Crippen LogP contribution < -0.4 is 0 Å². The SMILES string of the molecule is CCC.CCC1CC(C)=C(CO)C(C)O1.CCS. The Morgan fingerprint density at radius 2 is 1.72 bits per heavy atom. The van der Waals surface area contributed by atoms with Crippen molar-refractivity contribution in [1.82, 2.24) is 0 Å². The Balaban J connectivity index is 0. The lowest BCUT2D eigenvalue weighted by Gasteiger charge is -2.30. The zero-order valence-electron chi connectivity index (χ0n) is 13.0. The summed E-state index contributed by atoms with van der Waals surface area (Å²) in [6.07, 6.45) is 3.75. The minimum Gasteiger partial charge on any atom is -0.392 e. The molecule has 1 aliphatic rings. The smallest absolute Gasteiger partial charge is 0.0785 e. The second-order valence-electron chi connectivity index (χ2n) is 4.50. The molecule has 1 heterocycles. The number of aliphatic hydroxyl groups excluding tert-OH is 1. The third-order valence-corrected chi connectivity index (χ3v) is 2.60. The van der Waals surface area contributed by atoms with Gasteiger partial charge in [-0.1, -0.05) is 39.7 Å². The first kappa shape index (κ1) is 20.3. The Morgan fingerprint density at radius 3 is 2.00 bits per heavy atom. The van der Waals surface area contributed by atoms with E-state index in [1.807, 2.05) is 13.8 Å². The lowest BCUT2D eigenvalue weighted by Crippen LogP contribution is -2.28. The van der Waals surface area contributed by atoms with Crippen molar-refractivity contribution in [3.8, 4) is 0 Å². The van der Waals surface area contributed by atoms with Crippen LogP contribution in [0.15, 0.2) is 11.1 Å². The number of hydrogen-bond donors (Lipinski definition) is 2. The maximum absolute atomic E-state index is 9.05. The fraction of sp³-hybridized carbons (Fsp3) is 0.867. The van der Waals surface area contributed by atoms with Crippen LogP contribution in [-0.2, 0) is 4.74 Å². The van der Waals surface area contributed by atoms with Crippen LogP contribution in [0.2, 0.25) is 0 Å². The van der Waals surface area contributed by atoms with Crippen LogP contribution in [0.25, 0.3) is 0 Å². The maximum atomic E-state index is 9.05. The highest BCUT2D eigenvalue weighted by atomic mass is 32.1. The van der Waals surface area contributed by atoms with Gasteiger partial charge in [-0.25, -0.2) is 0 Å². The van der Waals surface area contributed by atoms with Gasteiger partial charge in [0.1, 0.15) is 0 Å². The van der Waals surface area contributed by atoms with Crippen molar-refractivity contribution >= 4 is 12.6 Å². The third kappa shape index (κ3) is 9.01. The van der Waals surface area contributed by atoms with Gasteiger partial charge in [0.05, 0.1) is 18.8 Å². The van der Waals surface area contributed by atoms with E-state index >= 15 is 0 Å². The fourth-order valence-electron chi connectivity index (χ4n) is 1.74. The Labute approximate surface area is 119 Å². The molecule has 2 nitrogen and oxygen atoms in total. The summed E-state index contributed by atoms with van der Waals surface area (Å²) in [5, 5.41) is 9.05. The standard InChI is InChI=1S/C10H18O2.C3H8.C2H6S/c1-4-9-5-7(2)10(6-11)8(3)12-9;1-3-2;1-2-3/h8-9,11H,4-6H2,1-3H3;3H2,1-2H3;3H,2H2,1H3. The zero-order valence-corrected chi connectivity index (χ0v) is 13.9. The molecule has 2 atom stereocenters. The van der Waals surface area contributed by atoms with Gasteiger partial charge >= 0.3 is 0 Å². The third-order valence-electron chi connectivity index (χ3n) is 2.60. The van der Waals surface area contributed by atoms with Gasteiger partial charge in [0.25, 0.3) is 0 Å². The highest BCUT2D eigenvalue weighted by molar-refractivity contribution is 7.80. The zero-order chi connectivity index (χ0) is 14.6. The second kappa shape index (κ2) is 13.4. The van der Waals surface area contributed by atoms with E-state index in [-0.39, 0.29) is 12.7 Å². The van der Waals surface area contributed by atoms with E-state index in [2.05, 4.69) is 40.3 Å². The number of thiol groups is 1. The van der Waals surface area contributed by atoms with Crippen LogP contribution in [0, 0.1) is 0 Å². The fourth-order valence-corrected chi connectivity index (χ4v) is 1.74. The number of aliphatic hydroxyl groups is 1. The second-order valence-corrected chi connectivity index (χ2v) is 5.13. The monoisotopic (exact) mass is 276 g/mol. The van der Waals surface area contributed by atoms with Gasteiger partial charge in [-0.2, -0.15) is 12.6 Å². The molecule has 1 aliphatic heterocycles. The van der Waals surface area contributed by atoms with Gasteiger partial charge in [-0.15, -0.1) is 0 Å². The maximum Gasteiger partial charge on any atom is 0.0785 e. The quantitative estimate of drug-likeness (QED) is 0.584. The molecule has 0 aromatic heterocycles. The Morgan fingerprint density at radius 1 is 1.28 bits per heavy atom. The predicted octanol–water partition coefficient (Wildman–Crippen LogP) is 4.24. The van der Waals surface area contributed by atoms with E-state index in [4.69, 9.17) is 9.84 Å². The summed E-state index contributed by atoms with van der Waals surface area (Å²) in [6.45, 7) is 12.6. The van der Waals surface area contributed by atoms with Crippen molar-refractivity contribution < 1.29 is 9.84 Å². The van der Waals surface area contributed by atoms with Gasteiger partial charge in [-0.3, -0.25) is 0 Å². The van der Waals surface area contributed by atoms with Crippen LogP contribution in [0.3, 0.4) is 0 Å². The molecule has 0 amide bonds. The highest BCUT2D eigenvalue weighted by Gasteiger charge is 2.22. The van der Waals surface area contributed by atoms with Gasteiger partial charge in [0, 0.05) is 0 Å². The Kier molecular flexibility index (Phi) is 15.2. The molecule has 0 radical (unpaired) electrons. The normalized spacial score (nSPS) is 22.7. The summed E-state index contributed by atoms with van der Waals surface area (Å²) in [5.41, 5.74) is 2.38. The van der Waals surface area contributed by atoms with Gasteiger partial charge in [0.2, 0.25) is 0 Å². The molecule has 0 aromatic rings. The Hall–Kier alpha value is 0.0100. The lowest BCUT2D eigenvalue weighted by molar-refractivity contribution is -0.00195. The average molecular weight is 276 g/mol. The molecule has 0 fully saturated rings. The molecule has 0 aromatic carbocycles. The van der Waals surface area contributed by atoms with Crippen LogP contribution in [0.5, 0.6) is 0 Å². The molecule has 110 valence electrons. The lowest BCUT2D eigenvalue weighted by atomic mass is 9.96. The molecule has 0 aliphatic carbocycles. The van der Waals surface area contributed by atoms with E-state index in [1.165, 1.54) is 12.0 Å². The van der Waals surface area contributed by atoms with Crippen molar-refractivity contribution in [2.24, 2.45) is 0 Å². The van der Waals surface area contributed by atoms with Gasteiger partial charge < -0.3 is 9.84 Å². The van der Waals surface area contributed by atoms with Crippen LogP contribution in [0.1, 0.15) is 60.8 Å². The average Bonchev–Trinajstić information content (AvgIpc) is 2.30. The molecule has 2 unspecified atom stereocenters. The molecule has 1 rings (SSSR count). The van der Waals surface area contributed by atoms with Crippen LogP contribution in [0.4, 0.5) is 0 Å². The number of rotatable bonds is 2. The summed E-state index contributed by atoms with van der Waals surface area (Å²) < 4.78 is 5.69. The van der Waals surface area contributed by atoms with E-state index in [9.17, 15) is 0 Å². The number of ether oxygens (including phenoxy) is 1. The molecular weight excluding hydrogens is 244 g/mol. The molecule has 18 heavy (non-hydrogen) atoms. The first-order valence-electron chi connectivity index (χ1n) is 7.07. The molecule has 1 N–H and O–H groups in total. The molecule has 3 heteroatoms. The molecule has 0 bridgehead atoms. The first-order chi connectivity index (χ1) is 8.51. The van der Waals surface area contributed by atoms with E-state index in [0.717, 1.165) is 24.2 Å². The summed E-state index contributed by atoms with van der Waals surface area (Å²) in [4.78, 5) is 0. The predicted molar refractivity (Wildman–Crippen MR) is 84.5 cm³/mol. The van der Waals surface area contributed by atoms with Gasteiger partial charge in [0.15, 0.2) is 0 Å². The summed E-state index contributed by atoms with van der Waals surface area (Å²) in [7, 11) is 0. The van der Waals surface area contributed by atoms with Crippen molar-refractivity contribution in [2.45, 2.75) is 73.0 Å². The summed E-state index contributed by atoms with van der Waals surface area (Å²) in [6, 6.07) is 0. The van der Waals surface area contributed by atoms with Crippen molar-refractivity contribution in [3.63, 3.8) is 0 Å². The van der Waals surface area contributed by atoms with Gasteiger partial charge in [-0.05, 0) is 38.0 Å².